The lowest BCUT2D eigenvalue weighted by Gasteiger charge is -2.04. The summed E-state index contributed by atoms with van der Waals surface area (Å²) in [6.45, 7) is 0.0376. The van der Waals surface area contributed by atoms with Crippen LogP contribution in [0.25, 0.3) is 22.3 Å². The van der Waals surface area contributed by atoms with Gasteiger partial charge in [0, 0.05) is 6.07 Å². The van der Waals surface area contributed by atoms with Gasteiger partial charge >= 0.3 is 5.97 Å². The number of hydrogen-bond acceptors (Lipinski definition) is 5. The number of nitrogens with zero attached hydrogens (tertiary/aromatic N) is 1. The summed E-state index contributed by atoms with van der Waals surface area (Å²) in [6, 6.07) is 18.5. The van der Waals surface area contributed by atoms with Crippen LogP contribution in [0.2, 0.25) is 0 Å². The zero-order valence-electron chi connectivity index (χ0n) is 12.6. The number of aromatic nitrogens is 1. The lowest BCUT2D eigenvalue weighted by atomic mass is 10.1. The van der Waals surface area contributed by atoms with E-state index in [1.165, 1.54) is 0 Å². The Morgan fingerprint density at radius 1 is 0.958 bits per heavy atom. The summed E-state index contributed by atoms with van der Waals surface area (Å²) in [5.74, 6) is 0.676. The normalized spacial score (nSPS) is 10.8. The molecule has 0 N–H and O–H groups in total. The quantitative estimate of drug-likeness (QED) is 0.520. The molecule has 0 saturated carbocycles. The molecule has 0 fully saturated rings. The smallest absolute Gasteiger partial charge is 0.338 e. The number of rotatable bonds is 4. The van der Waals surface area contributed by atoms with Crippen molar-refractivity contribution in [2.75, 3.05) is 0 Å². The number of carbonyl (C=O) groups excluding carboxylic acids is 1. The number of esters is 1. The lowest BCUT2D eigenvalue weighted by molar-refractivity contribution is 0.0464. The number of benzene rings is 2. The third-order valence-electron chi connectivity index (χ3n) is 3.66. The third-order valence-corrected chi connectivity index (χ3v) is 3.66. The minimum Gasteiger partial charge on any atom is -0.461 e. The molecule has 2 aromatic heterocycles. The molecular formula is C19H13NO4. The van der Waals surface area contributed by atoms with Gasteiger partial charge in [0.15, 0.2) is 5.76 Å². The van der Waals surface area contributed by atoms with Crippen LogP contribution in [0.5, 0.6) is 0 Å². The molecule has 0 bridgehead atoms. The number of ether oxygens (including phenoxy) is 1. The highest BCUT2D eigenvalue weighted by Gasteiger charge is 2.12. The van der Waals surface area contributed by atoms with Crippen molar-refractivity contribution < 1.29 is 18.5 Å². The second kappa shape index (κ2) is 6.04. The molecule has 0 saturated heterocycles. The molecule has 4 aromatic rings. The molecule has 0 aliphatic rings. The van der Waals surface area contributed by atoms with Gasteiger partial charge in [0.2, 0.25) is 5.76 Å². The highest BCUT2D eigenvalue weighted by molar-refractivity contribution is 5.95. The first kappa shape index (κ1) is 14.3. The van der Waals surface area contributed by atoms with E-state index in [4.69, 9.17) is 13.7 Å². The molecule has 2 heterocycles. The van der Waals surface area contributed by atoms with Gasteiger partial charge in [0.1, 0.15) is 12.3 Å². The Balaban J connectivity index is 1.46. The molecule has 5 heteroatoms. The fraction of sp³-hybridized carbons (Fsp3) is 0.0526. The van der Waals surface area contributed by atoms with Crippen LogP contribution in [0.3, 0.4) is 0 Å². The summed E-state index contributed by atoms with van der Waals surface area (Å²) < 4.78 is 15.7. The molecule has 118 valence electrons. The van der Waals surface area contributed by atoms with E-state index in [1.807, 2.05) is 36.4 Å². The van der Waals surface area contributed by atoms with Gasteiger partial charge in [-0.1, -0.05) is 35.5 Å². The van der Waals surface area contributed by atoms with Gasteiger partial charge in [-0.05, 0) is 35.0 Å². The lowest BCUT2D eigenvalue weighted by Crippen LogP contribution is -2.05. The van der Waals surface area contributed by atoms with Gasteiger partial charge in [0.25, 0.3) is 0 Å². The van der Waals surface area contributed by atoms with Gasteiger partial charge in [-0.3, -0.25) is 0 Å². The van der Waals surface area contributed by atoms with Gasteiger partial charge in [-0.25, -0.2) is 4.79 Å². The topological polar surface area (TPSA) is 65.5 Å². The Hall–Kier alpha value is -3.34. The van der Waals surface area contributed by atoms with Gasteiger partial charge in [-0.2, -0.15) is 0 Å². The maximum absolute atomic E-state index is 12.2. The molecule has 24 heavy (non-hydrogen) atoms. The van der Waals surface area contributed by atoms with Crippen LogP contribution in [-0.4, -0.2) is 11.1 Å². The number of furan rings is 1. The summed E-state index contributed by atoms with van der Waals surface area (Å²) in [5.41, 5.74) is 1.03. The van der Waals surface area contributed by atoms with Crippen molar-refractivity contribution in [1.82, 2.24) is 5.16 Å². The Morgan fingerprint density at radius 2 is 1.83 bits per heavy atom. The molecule has 0 spiro atoms. The first-order valence-corrected chi connectivity index (χ1v) is 7.45. The van der Waals surface area contributed by atoms with Crippen molar-refractivity contribution in [2.24, 2.45) is 0 Å². The van der Waals surface area contributed by atoms with E-state index in [0.717, 1.165) is 10.8 Å². The summed E-state index contributed by atoms with van der Waals surface area (Å²) in [4.78, 5) is 12.2. The maximum atomic E-state index is 12.2. The van der Waals surface area contributed by atoms with E-state index in [9.17, 15) is 4.79 Å². The second-order valence-corrected chi connectivity index (χ2v) is 5.30. The largest absolute Gasteiger partial charge is 0.461 e. The van der Waals surface area contributed by atoms with Crippen LogP contribution in [0.1, 0.15) is 16.1 Å². The molecular weight excluding hydrogens is 306 g/mol. The van der Waals surface area contributed by atoms with Crippen LogP contribution in [0.4, 0.5) is 0 Å². The van der Waals surface area contributed by atoms with Gasteiger partial charge < -0.3 is 13.7 Å². The minimum atomic E-state index is -0.400. The summed E-state index contributed by atoms with van der Waals surface area (Å²) in [5, 5.41) is 5.95. The Bertz CT molecular complexity index is 985. The van der Waals surface area contributed by atoms with E-state index < -0.39 is 5.97 Å². The van der Waals surface area contributed by atoms with Crippen molar-refractivity contribution in [3.8, 4) is 11.5 Å². The Morgan fingerprint density at radius 3 is 2.67 bits per heavy atom. The molecule has 0 radical (unpaired) electrons. The maximum Gasteiger partial charge on any atom is 0.338 e. The van der Waals surface area contributed by atoms with Crippen LogP contribution < -0.4 is 0 Å². The molecule has 0 aliphatic heterocycles. The first-order chi connectivity index (χ1) is 11.8. The van der Waals surface area contributed by atoms with E-state index in [0.29, 0.717) is 22.8 Å². The summed E-state index contributed by atoms with van der Waals surface area (Å²) >= 11 is 0. The minimum absolute atomic E-state index is 0.0376. The van der Waals surface area contributed by atoms with Gasteiger partial charge in [0.05, 0.1) is 11.8 Å². The fourth-order valence-electron chi connectivity index (χ4n) is 2.45. The Labute approximate surface area is 137 Å². The highest BCUT2D eigenvalue weighted by atomic mass is 16.5. The van der Waals surface area contributed by atoms with Crippen molar-refractivity contribution in [1.29, 1.82) is 0 Å². The third kappa shape index (κ3) is 2.79. The molecule has 0 atom stereocenters. The molecule has 2 aromatic carbocycles. The molecule has 5 nitrogen and oxygen atoms in total. The van der Waals surface area contributed by atoms with E-state index in [2.05, 4.69) is 5.16 Å². The predicted octanol–water partition coefficient (Wildman–Crippen LogP) is 4.44. The van der Waals surface area contributed by atoms with Crippen LogP contribution >= 0.6 is 0 Å². The van der Waals surface area contributed by atoms with E-state index in [1.54, 1.807) is 30.5 Å². The monoisotopic (exact) mass is 319 g/mol. The SMILES string of the molecule is O=C(OCc1cc(-c2ccco2)on1)c1ccc2ccccc2c1. The standard InChI is InChI=1S/C19H13NO4/c21-19(15-8-7-13-4-1-2-5-14(13)10-15)23-12-16-11-18(24-20-16)17-6-3-9-22-17/h1-11H,12H2. The van der Waals surface area contributed by atoms with Crippen molar-refractivity contribution in [2.45, 2.75) is 6.61 Å². The highest BCUT2D eigenvalue weighted by Crippen LogP contribution is 2.21. The Kier molecular flexibility index (Phi) is 3.59. The second-order valence-electron chi connectivity index (χ2n) is 5.30. The van der Waals surface area contributed by atoms with Crippen molar-refractivity contribution in [3.63, 3.8) is 0 Å². The number of fused-ring (bicyclic) bond motifs is 1. The predicted molar refractivity (Wildman–Crippen MR) is 87.3 cm³/mol. The first-order valence-electron chi connectivity index (χ1n) is 7.45. The zero-order chi connectivity index (χ0) is 16.4. The van der Waals surface area contributed by atoms with Crippen LogP contribution in [0.15, 0.2) is 75.9 Å². The molecule has 4 rings (SSSR count). The summed E-state index contributed by atoms with van der Waals surface area (Å²) in [7, 11) is 0. The zero-order valence-corrected chi connectivity index (χ0v) is 12.6. The number of carbonyl (C=O) groups is 1. The summed E-state index contributed by atoms with van der Waals surface area (Å²) in [6.07, 6.45) is 1.55. The van der Waals surface area contributed by atoms with Crippen LogP contribution in [-0.2, 0) is 11.3 Å². The van der Waals surface area contributed by atoms with Crippen molar-refractivity contribution in [3.05, 3.63) is 78.2 Å². The average molecular weight is 319 g/mol. The molecule has 0 unspecified atom stereocenters. The van der Waals surface area contributed by atoms with Crippen LogP contribution in [0, 0.1) is 0 Å². The number of hydrogen-bond donors (Lipinski definition) is 0. The average Bonchev–Trinajstić information content (AvgIpc) is 3.30. The van der Waals surface area contributed by atoms with E-state index in [-0.39, 0.29) is 6.61 Å². The molecule has 0 aliphatic carbocycles. The van der Waals surface area contributed by atoms with E-state index >= 15 is 0 Å². The molecule has 0 amide bonds. The fourth-order valence-corrected chi connectivity index (χ4v) is 2.45. The van der Waals surface area contributed by atoms with Crippen molar-refractivity contribution >= 4 is 16.7 Å². The van der Waals surface area contributed by atoms with Gasteiger partial charge in [-0.15, -0.1) is 0 Å².